The van der Waals surface area contributed by atoms with Crippen LogP contribution in [0.3, 0.4) is 0 Å². The third-order valence-electron chi connectivity index (χ3n) is 3.29. The molecular formula is C11H23NO2S. The second-order valence-corrected chi connectivity index (χ2v) is 6.01. The minimum absolute atomic E-state index is 0. The van der Waals surface area contributed by atoms with Gasteiger partial charge in [0.25, 0.3) is 0 Å². The lowest BCUT2D eigenvalue weighted by molar-refractivity contribution is -0.142. The third kappa shape index (κ3) is 3.38. The average Bonchev–Trinajstić information content (AvgIpc) is 2.17. The fourth-order valence-electron chi connectivity index (χ4n) is 1.42. The van der Waals surface area contributed by atoms with E-state index < -0.39 is 0 Å². The van der Waals surface area contributed by atoms with Gasteiger partial charge in [-0.2, -0.15) is 11.8 Å². The van der Waals surface area contributed by atoms with Crippen molar-refractivity contribution in [3.8, 4) is 0 Å². The number of carbonyl (C=O) groups is 1. The maximum Gasteiger partial charge on any atom is 0.228 e. The molecule has 1 rings (SSSR count). The standard InChI is InChI=1S/C11H21NOS.H2O/c1-9(2)11(3,4)10(13)12-5-7-14-8-6-12;/h9H,5-8H2,1-4H3;1H2. The Bertz CT molecular complexity index is 211. The summed E-state index contributed by atoms with van der Waals surface area (Å²) in [7, 11) is 0. The minimum atomic E-state index is -0.206. The Morgan fingerprint density at radius 1 is 1.27 bits per heavy atom. The minimum Gasteiger partial charge on any atom is -0.412 e. The number of carbonyl (C=O) groups excluding carboxylic acids is 1. The van der Waals surface area contributed by atoms with Gasteiger partial charge < -0.3 is 10.4 Å². The predicted molar refractivity (Wildman–Crippen MR) is 66.1 cm³/mol. The van der Waals surface area contributed by atoms with Gasteiger partial charge in [0, 0.05) is 30.0 Å². The highest BCUT2D eigenvalue weighted by atomic mass is 32.2. The first-order valence-corrected chi connectivity index (χ1v) is 6.49. The van der Waals surface area contributed by atoms with E-state index in [0.29, 0.717) is 11.8 Å². The average molecular weight is 233 g/mol. The Labute approximate surface area is 96.9 Å². The fourth-order valence-corrected chi connectivity index (χ4v) is 2.32. The lowest BCUT2D eigenvalue weighted by atomic mass is 9.80. The molecule has 1 fully saturated rings. The van der Waals surface area contributed by atoms with Crippen molar-refractivity contribution in [2.75, 3.05) is 24.6 Å². The van der Waals surface area contributed by atoms with Crippen molar-refractivity contribution < 1.29 is 10.3 Å². The van der Waals surface area contributed by atoms with Gasteiger partial charge in [0.05, 0.1) is 0 Å². The Morgan fingerprint density at radius 2 is 1.73 bits per heavy atom. The zero-order valence-corrected chi connectivity index (χ0v) is 11.0. The van der Waals surface area contributed by atoms with Crippen LogP contribution in [0.4, 0.5) is 0 Å². The van der Waals surface area contributed by atoms with Crippen molar-refractivity contribution in [2.24, 2.45) is 11.3 Å². The van der Waals surface area contributed by atoms with Gasteiger partial charge in [0.1, 0.15) is 0 Å². The number of hydrogen-bond acceptors (Lipinski definition) is 2. The SMILES string of the molecule is CC(C)C(C)(C)C(=O)N1CCSCC1.O. The second-order valence-electron chi connectivity index (χ2n) is 4.78. The molecule has 1 aliphatic heterocycles. The van der Waals surface area contributed by atoms with Crippen molar-refractivity contribution in [2.45, 2.75) is 27.7 Å². The van der Waals surface area contributed by atoms with Crippen LogP contribution in [0.1, 0.15) is 27.7 Å². The molecule has 1 heterocycles. The smallest absolute Gasteiger partial charge is 0.228 e. The first-order chi connectivity index (χ1) is 6.46. The Hall–Kier alpha value is -0.220. The Kier molecular flexibility index (Phi) is 5.67. The lowest BCUT2D eigenvalue weighted by Gasteiger charge is -2.36. The first-order valence-electron chi connectivity index (χ1n) is 5.33. The molecule has 0 aliphatic carbocycles. The number of thioether (sulfide) groups is 1. The van der Waals surface area contributed by atoms with Crippen molar-refractivity contribution in [3.63, 3.8) is 0 Å². The van der Waals surface area contributed by atoms with Crippen LogP contribution in [0.25, 0.3) is 0 Å². The molecule has 1 aliphatic rings. The zero-order chi connectivity index (χ0) is 10.8. The van der Waals surface area contributed by atoms with Gasteiger partial charge in [-0.15, -0.1) is 0 Å². The van der Waals surface area contributed by atoms with Crippen LogP contribution in [0.15, 0.2) is 0 Å². The van der Waals surface area contributed by atoms with Crippen molar-refractivity contribution in [1.82, 2.24) is 4.90 Å². The van der Waals surface area contributed by atoms with Gasteiger partial charge in [-0.1, -0.05) is 27.7 Å². The van der Waals surface area contributed by atoms with E-state index in [9.17, 15) is 4.79 Å². The summed E-state index contributed by atoms with van der Waals surface area (Å²) in [6.45, 7) is 10.2. The lowest BCUT2D eigenvalue weighted by Crippen LogP contribution is -2.46. The van der Waals surface area contributed by atoms with Crippen LogP contribution >= 0.6 is 11.8 Å². The summed E-state index contributed by atoms with van der Waals surface area (Å²) in [5.74, 6) is 2.93. The Morgan fingerprint density at radius 3 is 2.13 bits per heavy atom. The number of rotatable bonds is 2. The van der Waals surface area contributed by atoms with Gasteiger partial charge in [-0.05, 0) is 5.92 Å². The van der Waals surface area contributed by atoms with Crippen molar-refractivity contribution >= 4 is 17.7 Å². The van der Waals surface area contributed by atoms with Gasteiger partial charge >= 0.3 is 0 Å². The van der Waals surface area contributed by atoms with Gasteiger partial charge in [0.2, 0.25) is 5.91 Å². The Balaban J connectivity index is 0.00000196. The van der Waals surface area contributed by atoms with Crippen LogP contribution in [0.5, 0.6) is 0 Å². The molecule has 0 saturated carbocycles. The quantitative estimate of drug-likeness (QED) is 0.724. The third-order valence-corrected chi connectivity index (χ3v) is 4.24. The highest BCUT2D eigenvalue weighted by molar-refractivity contribution is 7.99. The molecule has 0 aromatic heterocycles. The number of nitrogens with zero attached hydrogens (tertiary/aromatic N) is 1. The zero-order valence-electron chi connectivity index (χ0n) is 10.2. The molecule has 90 valence electrons. The van der Waals surface area contributed by atoms with E-state index in [1.165, 1.54) is 0 Å². The molecular weight excluding hydrogens is 210 g/mol. The molecule has 3 nitrogen and oxygen atoms in total. The predicted octanol–water partition coefficient (Wildman–Crippen LogP) is 1.42. The molecule has 0 atom stereocenters. The summed E-state index contributed by atoms with van der Waals surface area (Å²) in [4.78, 5) is 14.2. The van der Waals surface area contributed by atoms with Crippen LogP contribution < -0.4 is 0 Å². The highest BCUT2D eigenvalue weighted by Gasteiger charge is 2.35. The molecule has 0 bridgehead atoms. The van der Waals surface area contributed by atoms with Crippen LogP contribution in [0, 0.1) is 11.3 Å². The summed E-state index contributed by atoms with van der Waals surface area (Å²) in [5.41, 5.74) is -0.206. The fraction of sp³-hybridized carbons (Fsp3) is 0.909. The number of amides is 1. The summed E-state index contributed by atoms with van der Waals surface area (Å²) in [6, 6.07) is 0. The normalized spacial score (nSPS) is 17.5. The summed E-state index contributed by atoms with van der Waals surface area (Å²) >= 11 is 1.94. The van der Waals surface area contributed by atoms with Gasteiger partial charge in [0.15, 0.2) is 0 Å². The van der Waals surface area contributed by atoms with Gasteiger partial charge in [-0.3, -0.25) is 4.79 Å². The van der Waals surface area contributed by atoms with Crippen LogP contribution in [-0.4, -0.2) is 40.9 Å². The van der Waals surface area contributed by atoms with Crippen LogP contribution in [-0.2, 0) is 4.79 Å². The summed E-state index contributed by atoms with van der Waals surface area (Å²) < 4.78 is 0. The van der Waals surface area contributed by atoms with Gasteiger partial charge in [-0.25, -0.2) is 0 Å². The molecule has 0 aromatic carbocycles. The van der Waals surface area contributed by atoms with E-state index >= 15 is 0 Å². The number of hydrogen-bond donors (Lipinski definition) is 0. The highest BCUT2D eigenvalue weighted by Crippen LogP contribution is 2.29. The largest absolute Gasteiger partial charge is 0.412 e. The van der Waals surface area contributed by atoms with E-state index in [4.69, 9.17) is 0 Å². The molecule has 2 N–H and O–H groups in total. The molecule has 0 unspecified atom stereocenters. The van der Waals surface area contributed by atoms with E-state index in [1.54, 1.807) is 0 Å². The summed E-state index contributed by atoms with van der Waals surface area (Å²) in [5, 5.41) is 0. The maximum absolute atomic E-state index is 12.2. The summed E-state index contributed by atoms with van der Waals surface area (Å²) in [6.07, 6.45) is 0. The molecule has 1 saturated heterocycles. The van der Waals surface area contributed by atoms with E-state index in [0.717, 1.165) is 24.6 Å². The molecule has 1 amide bonds. The first kappa shape index (κ1) is 14.8. The van der Waals surface area contributed by atoms with E-state index in [1.807, 2.05) is 16.7 Å². The molecule has 0 spiro atoms. The van der Waals surface area contributed by atoms with Crippen molar-refractivity contribution in [1.29, 1.82) is 0 Å². The topological polar surface area (TPSA) is 51.8 Å². The molecule has 0 radical (unpaired) electrons. The molecule has 0 aromatic rings. The second kappa shape index (κ2) is 5.75. The van der Waals surface area contributed by atoms with E-state index in [2.05, 4.69) is 27.7 Å². The maximum atomic E-state index is 12.2. The van der Waals surface area contributed by atoms with Crippen molar-refractivity contribution in [3.05, 3.63) is 0 Å². The molecule has 4 heteroatoms. The van der Waals surface area contributed by atoms with Crippen LogP contribution in [0.2, 0.25) is 0 Å². The monoisotopic (exact) mass is 233 g/mol. The molecule has 15 heavy (non-hydrogen) atoms. The van der Waals surface area contributed by atoms with E-state index in [-0.39, 0.29) is 10.9 Å².